The Morgan fingerprint density at radius 2 is 1.89 bits per heavy atom. The summed E-state index contributed by atoms with van der Waals surface area (Å²) in [4.78, 5) is 22.1. The van der Waals surface area contributed by atoms with Crippen molar-refractivity contribution >= 4 is 15.9 Å². The molecule has 1 unspecified atom stereocenters. The number of hydrogen-bond acceptors (Lipinski definition) is 5. The van der Waals surface area contributed by atoms with Crippen LogP contribution in [0.15, 0.2) is 24.5 Å². The van der Waals surface area contributed by atoms with Gasteiger partial charge in [-0.1, -0.05) is 6.07 Å². The van der Waals surface area contributed by atoms with E-state index in [1.807, 2.05) is 24.1 Å². The van der Waals surface area contributed by atoms with E-state index in [0.29, 0.717) is 13.1 Å². The summed E-state index contributed by atoms with van der Waals surface area (Å²) in [5.74, 6) is 0.275. The first-order chi connectivity index (χ1) is 13.3. The standard InChI is InChI=1S/C20H30N4O3S/c1-3-23-10-8-20(18(23)25)16-22(14-17-5-4-9-21-13-17)15-19(20)6-11-24(12-7-19)28(2,26)27/h4-5,9,13H,3,6-8,10-12,14-16H2,1-2H3. The van der Waals surface area contributed by atoms with Crippen molar-refractivity contribution in [1.29, 1.82) is 0 Å². The third-order valence-electron chi connectivity index (χ3n) is 7.20. The number of likely N-dealkylation sites (tertiary alicyclic amines) is 2. The van der Waals surface area contributed by atoms with Crippen LogP contribution in [0.4, 0.5) is 0 Å². The van der Waals surface area contributed by atoms with Crippen molar-refractivity contribution in [1.82, 2.24) is 19.1 Å². The molecule has 3 saturated heterocycles. The monoisotopic (exact) mass is 406 g/mol. The van der Waals surface area contributed by atoms with Gasteiger partial charge >= 0.3 is 0 Å². The fourth-order valence-electron chi connectivity index (χ4n) is 5.71. The summed E-state index contributed by atoms with van der Waals surface area (Å²) in [5, 5.41) is 0. The number of rotatable bonds is 4. The zero-order valence-corrected chi connectivity index (χ0v) is 17.6. The molecule has 1 amide bonds. The zero-order chi connectivity index (χ0) is 20.0. The van der Waals surface area contributed by atoms with Crippen molar-refractivity contribution in [3.05, 3.63) is 30.1 Å². The third-order valence-corrected chi connectivity index (χ3v) is 8.50. The summed E-state index contributed by atoms with van der Waals surface area (Å²) in [6.45, 7) is 7.02. The lowest BCUT2D eigenvalue weighted by Crippen LogP contribution is -2.53. The van der Waals surface area contributed by atoms with Crippen LogP contribution in [0.25, 0.3) is 0 Å². The van der Waals surface area contributed by atoms with Crippen LogP contribution in [0.1, 0.15) is 31.7 Å². The van der Waals surface area contributed by atoms with Gasteiger partial charge in [0.25, 0.3) is 0 Å². The van der Waals surface area contributed by atoms with Gasteiger partial charge in [-0.15, -0.1) is 0 Å². The summed E-state index contributed by atoms with van der Waals surface area (Å²) in [6.07, 6.45) is 7.33. The van der Waals surface area contributed by atoms with E-state index in [0.717, 1.165) is 57.5 Å². The number of nitrogens with zero attached hydrogens (tertiary/aromatic N) is 4. The Kier molecular flexibility index (Phi) is 5.00. The number of amides is 1. The number of carbonyl (C=O) groups is 1. The van der Waals surface area contributed by atoms with Gasteiger partial charge in [0.15, 0.2) is 0 Å². The highest BCUT2D eigenvalue weighted by atomic mass is 32.2. The van der Waals surface area contributed by atoms with Gasteiger partial charge < -0.3 is 4.90 Å². The van der Waals surface area contributed by atoms with Gasteiger partial charge in [-0.3, -0.25) is 14.7 Å². The van der Waals surface area contributed by atoms with Gasteiger partial charge in [0.1, 0.15) is 0 Å². The van der Waals surface area contributed by atoms with Crippen molar-refractivity contribution < 1.29 is 13.2 Å². The van der Waals surface area contributed by atoms with Crippen LogP contribution in [0.2, 0.25) is 0 Å². The number of carbonyl (C=O) groups excluding carboxylic acids is 1. The van der Waals surface area contributed by atoms with E-state index in [1.54, 1.807) is 10.5 Å². The van der Waals surface area contributed by atoms with Crippen LogP contribution in [0.5, 0.6) is 0 Å². The second kappa shape index (κ2) is 7.07. The van der Waals surface area contributed by atoms with E-state index in [-0.39, 0.29) is 16.7 Å². The molecule has 7 nitrogen and oxygen atoms in total. The fourth-order valence-corrected chi connectivity index (χ4v) is 6.55. The maximum absolute atomic E-state index is 13.5. The largest absolute Gasteiger partial charge is 0.342 e. The molecule has 8 heteroatoms. The van der Waals surface area contributed by atoms with Crippen LogP contribution in [0.3, 0.4) is 0 Å². The van der Waals surface area contributed by atoms with Crippen LogP contribution in [-0.2, 0) is 21.4 Å². The van der Waals surface area contributed by atoms with Crippen molar-refractivity contribution in [3.63, 3.8) is 0 Å². The number of piperidine rings is 1. The molecule has 0 radical (unpaired) electrons. The molecule has 0 N–H and O–H groups in total. The Bertz CT molecular complexity index is 836. The SMILES string of the molecule is CCN1CCC2(CN(Cc3cccnc3)CC23CCN(S(C)(=O)=O)CC3)C1=O. The van der Waals surface area contributed by atoms with Gasteiger partial charge in [0, 0.05) is 63.6 Å². The van der Waals surface area contributed by atoms with Crippen molar-refractivity contribution in [2.45, 2.75) is 32.7 Å². The number of pyridine rings is 1. The molecule has 2 spiro atoms. The summed E-state index contributed by atoms with van der Waals surface area (Å²) in [5.41, 5.74) is 0.632. The topological polar surface area (TPSA) is 73.8 Å². The highest BCUT2D eigenvalue weighted by Crippen LogP contribution is 2.58. The predicted octanol–water partition coefficient (Wildman–Crippen LogP) is 1.18. The molecular weight excluding hydrogens is 376 g/mol. The van der Waals surface area contributed by atoms with Gasteiger partial charge in [0.05, 0.1) is 11.7 Å². The van der Waals surface area contributed by atoms with Gasteiger partial charge in [-0.2, -0.15) is 0 Å². The minimum atomic E-state index is -3.18. The highest BCUT2D eigenvalue weighted by Gasteiger charge is 2.65. The smallest absolute Gasteiger partial charge is 0.230 e. The summed E-state index contributed by atoms with van der Waals surface area (Å²) < 4.78 is 25.6. The Labute approximate surface area is 167 Å². The predicted molar refractivity (Wildman–Crippen MR) is 107 cm³/mol. The molecule has 1 atom stereocenters. The van der Waals surface area contributed by atoms with Crippen molar-refractivity contribution in [2.24, 2.45) is 10.8 Å². The number of sulfonamides is 1. The van der Waals surface area contributed by atoms with Gasteiger partial charge in [-0.05, 0) is 37.8 Å². The summed E-state index contributed by atoms with van der Waals surface area (Å²) in [6, 6.07) is 4.02. The first-order valence-electron chi connectivity index (χ1n) is 10.2. The quantitative estimate of drug-likeness (QED) is 0.751. The van der Waals surface area contributed by atoms with Crippen molar-refractivity contribution in [3.8, 4) is 0 Å². The summed E-state index contributed by atoms with van der Waals surface area (Å²) >= 11 is 0. The molecule has 3 aliphatic rings. The van der Waals surface area contributed by atoms with Crippen molar-refractivity contribution in [2.75, 3.05) is 45.5 Å². The fraction of sp³-hybridized carbons (Fsp3) is 0.700. The normalized spacial score (nSPS) is 28.6. The second-order valence-electron chi connectivity index (χ2n) is 8.67. The number of fused-ring (bicyclic) bond motifs is 1. The summed E-state index contributed by atoms with van der Waals surface area (Å²) in [7, 11) is -3.18. The Morgan fingerprint density at radius 3 is 2.46 bits per heavy atom. The minimum Gasteiger partial charge on any atom is -0.342 e. The van der Waals surface area contributed by atoms with Crippen LogP contribution in [0, 0.1) is 10.8 Å². The lowest BCUT2D eigenvalue weighted by Gasteiger charge is -2.46. The molecule has 1 aromatic rings. The molecular formula is C20H30N4O3S. The Hall–Kier alpha value is -1.51. The molecule has 3 aliphatic heterocycles. The molecule has 0 aromatic carbocycles. The van der Waals surface area contributed by atoms with E-state index in [4.69, 9.17) is 0 Å². The maximum atomic E-state index is 13.5. The molecule has 0 aliphatic carbocycles. The van der Waals surface area contributed by atoms with E-state index in [1.165, 1.54) is 6.26 Å². The number of aromatic nitrogens is 1. The Morgan fingerprint density at radius 1 is 1.14 bits per heavy atom. The highest BCUT2D eigenvalue weighted by molar-refractivity contribution is 7.88. The molecule has 4 rings (SSSR count). The molecule has 3 fully saturated rings. The van der Waals surface area contributed by atoms with Crippen LogP contribution >= 0.6 is 0 Å². The minimum absolute atomic E-state index is 0.141. The van der Waals surface area contributed by atoms with E-state index < -0.39 is 10.0 Å². The Balaban J connectivity index is 1.62. The second-order valence-corrected chi connectivity index (χ2v) is 10.6. The first-order valence-corrected chi connectivity index (χ1v) is 12.0. The lowest BCUT2D eigenvalue weighted by molar-refractivity contribution is -0.141. The molecule has 0 saturated carbocycles. The lowest BCUT2D eigenvalue weighted by atomic mass is 9.60. The molecule has 4 heterocycles. The zero-order valence-electron chi connectivity index (χ0n) is 16.8. The van der Waals surface area contributed by atoms with Crippen LogP contribution < -0.4 is 0 Å². The average Bonchev–Trinajstić information content (AvgIpc) is 3.14. The van der Waals surface area contributed by atoms with Gasteiger partial charge in [-0.25, -0.2) is 12.7 Å². The van der Waals surface area contributed by atoms with Crippen LogP contribution in [-0.4, -0.2) is 78.9 Å². The molecule has 1 aromatic heterocycles. The molecule has 0 bridgehead atoms. The number of hydrogen-bond donors (Lipinski definition) is 0. The van der Waals surface area contributed by atoms with Gasteiger partial charge in [0.2, 0.25) is 15.9 Å². The van der Waals surface area contributed by atoms with E-state index in [9.17, 15) is 13.2 Å². The van der Waals surface area contributed by atoms with E-state index >= 15 is 0 Å². The van der Waals surface area contributed by atoms with E-state index in [2.05, 4.69) is 16.0 Å². The first kappa shape index (κ1) is 19.8. The average molecular weight is 407 g/mol. The third kappa shape index (κ3) is 3.15. The molecule has 28 heavy (non-hydrogen) atoms. The maximum Gasteiger partial charge on any atom is 0.230 e. The molecule has 154 valence electrons.